The molecule has 0 radical (unpaired) electrons. The van der Waals surface area contributed by atoms with Crippen LogP contribution in [0.5, 0.6) is 11.5 Å². The number of rotatable bonds is 11. The van der Waals surface area contributed by atoms with E-state index in [1.807, 2.05) is 55.5 Å². The summed E-state index contributed by atoms with van der Waals surface area (Å²) in [7, 11) is 0. The van der Waals surface area contributed by atoms with Crippen LogP contribution in [0, 0.1) is 0 Å². The molecule has 0 saturated heterocycles. The van der Waals surface area contributed by atoms with E-state index in [1.165, 1.54) is 16.7 Å². The second-order valence-corrected chi connectivity index (χ2v) is 8.66. The van der Waals surface area contributed by atoms with Crippen molar-refractivity contribution in [1.82, 2.24) is 0 Å². The molecule has 3 aromatic rings. The predicted octanol–water partition coefficient (Wildman–Crippen LogP) is 6.38. The average molecular weight is 487 g/mol. The molecule has 1 aliphatic heterocycles. The van der Waals surface area contributed by atoms with E-state index in [-0.39, 0.29) is 5.97 Å². The number of hydrogen-bond donors (Lipinski definition) is 0. The molecule has 3 aromatic carbocycles. The minimum Gasteiger partial charge on any atom is -0.493 e. The Morgan fingerprint density at radius 1 is 0.944 bits per heavy atom. The quantitative estimate of drug-likeness (QED) is 0.232. The van der Waals surface area contributed by atoms with Crippen LogP contribution in [0.15, 0.2) is 78.9 Å². The van der Waals surface area contributed by atoms with Crippen molar-refractivity contribution < 1.29 is 23.7 Å². The normalized spacial score (nSPS) is 14.2. The average Bonchev–Trinajstić information content (AvgIpc) is 3.07. The van der Waals surface area contributed by atoms with Gasteiger partial charge in [-0.1, -0.05) is 67.6 Å². The second kappa shape index (κ2) is 12.9. The van der Waals surface area contributed by atoms with Gasteiger partial charge < -0.3 is 18.9 Å². The van der Waals surface area contributed by atoms with Gasteiger partial charge in [0, 0.05) is 25.0 Å². The first-order valence-corrected chi connectivity index (χ1v) is 12.7. The number of benzene rings is 3. The van der Waals surface area contributed by atoms with Crippen LogP contribution in [-0.2, 0) is 27.3 Å². The number of ether oxygens (including phenoxy) is 4. The lowest BCUT2D eigenvalue weighted by molar-refractivity contribution is -0.156. The minimum atomic E-state index is -0.586. The van der Waals surface area contributed by atoms with E-state index < -0.39 is 6.10 Å². The molecule has 5 nitrogen and oxygen atoms in total. The molecule has 1 unspecified atom stereocenters. The standard InChI is InChI=1S/C31H34O5/c1-3-19-35-30(31(32)33-4-2)21-23-15-17-25(18-16-23)34-20-9-13-27-26-11-6-5-10-24(26)22-36-29-14-8-7-12-28(27)29/h5-8,10-18,30H,3-4,9,19-22H2,1-2H3. The number of esters is 1. The van der Waals surface area contributed by atoms with Gasteiger partial charge in [-0.25, -0.2) is 4.79 Å². The van der Waals surface area contributed by atoms with Crippen molar-refractivity contribution in [1.29, 1.82) is 0 Å². The van der Waals surface area contributed by atoms with Crippen molar-refractivity contribution in [2.45, 2.75) is 45.8 Å². The van der Waals surface area contributed by atoms with Crippen LogP contribution in [0.3, 0.4) is 0 Å². The van der Waals surface area contributed by atoms with E-state index in [4.69, 9.17) is 18.9 Å². The number of carbonyl (C=O) groups excluding carboxylic acids is 1. The first-order chi connectivity index (χ1) is 17.7. The van der Waals surface area contributed by atoms with E-state index in [2.05, 4.69) is 30.3 Å². The van der Waals surface area contributed by atoms with Crippen LogP contribution in [0.2, 0.25) is 0 Å². The SMILES string of the molecule is CCCOC(Cc1ccc(OCCC=C2c3ccccc3COc3ccccc32)cc1)C(=O)OCC. The van der Waals surface area contributed by atoms with Gasteiger partial charge in [-0.3, -0.25) is 0 Å². The van der Waals surface area contributed by atoms with Gasteiger partial charge in [0.05, 0.1) is 13.2 Å². The Bertz CT molecular complexity index is 1120. The van der Waals surface area contributed by atoms with E-state index >= 15 is 0 Å². The maximum absolute atomic E-state index is 12.2. The monoisotopic (exact) mass is 486 g/mol. The third-order valence-electron chi connectivity index (χ3n) is 6.02. The molecule has 1 atom stereocenters. The smallest absolute Gasteiger partial charge is 0.335 e. The highest BCUT2D eigenvalue weighted by Crippen LogP contribution is 2.36. The van der Waals surface area contributed by atoms with Gasteiger partial charge in [0.15, 0.2) is 6.10 Å². The van der Waals surface area contributed by atoms with Crippen molar-refractivity contribution in [3.8, 4) is 11.5 Å². The topological polar surface area (TPSA) is 54.0 Å². The summed E-state index contributed by atoms with van der Waals surface area (Å²) in [6.45, 7) is 5.82. The lowest BCUT2D eigenvalue weighted by Crippen LogP contribution is -2.29. The molecule has 1 heterocycles. The fourth-order valence-corrected chi connectivity index (χ4v) is 4.27. The second-order valence-electron chi connectivity index (χ2n) is 8.66. The molecule has 0 amide bonds. The number of fused-ring (bicyclic) bond motifs is 2. The molecule has 0 spiro atoms. The van der Waals surface area contributed by atoms with Crippen LogP contribution in [0.25, 0.3) is 5.57 Å². The summed E-state index contributed by atoms with van der Waals surface area (Å²) in [4.78, 5) is 12.2. The zero-order valence-corrected chi connectivity index (χ0v) is 21.1. The summed E-state index contributed by atoms with van der Waals surface area (Å²) < 4.78 is 23.0. The Labute approximate surface area is 213 Å². The van der Waals surface area contributed by atoms with Gasteiger partial charge >= 0.3 is 5.97 Å². The highest BCUT2D eigenvalue weighted by Gasteiger charge is 2.21. The molecular weight excluding hydrogens is 452 g/mol. The molecule has 0 aromatic heterocycles. The van der Waals surface area contributed by atoms with E-state index in [9.17, 15) is 4.79 Å². The number of carbonyl (C=O) groups is 1. The van der Waals surface area contributed by atoms with E-state index in [0.717, 1.165) is 35.5 Å². The number of hydrogen-bond acceptors (Lipinski definition) is 5. The number of para-hydroxylation sites is 1. The summed E-state index contributed by atoms with van der Waals surface area (Å²) in [5.41, 5.74) is 5.67. The Morgan fingerprint density at radius 2 is 1.69 bits per heavy atom. The van der Waals surface area contributed by atoms with Crippen LogP contribution in [0.1, 0.15) is 48.9 Å². The fourth-order valence-electron chi connectivity index (χ4n) is 4.27. The largest absolute Gasteiger partial charge is 0.493 e. The van der Waals surface area contributed by atoms with Gasteiger partial charge in [-0.15, -0.1) is 0 Å². The Hall–Kier alpha value is -3.57. The maximum atomic E-state index is 12.2. The van der Waals surface area contributed by atoms with Gasteiger partial charge in [0.25, 0.3) is 0 Å². The molecule has 36 heavy (non-hydrogen) atoms. The van der Waals surface area contributed by atoms with Crippen LogP contribution in [0.4, 0.5) is 0 Å². The molecule has 4 rings (SSSR count). The van der Waals surface area contributed by atoms with Crippen molar-refractivity contribution in [2.75, 3.05) is 19.8 Å². The molecule has 1 aliphatic rings. The molecule has 0 fully saturated rings. The van der Waals surface area contributed by atoms with Crippen LogP contribution >= 0.6 is 0 Å². The van der Waals surface area contributed by atoms with Gasteiger partial charge in [-0.05, 0) is 53.8 Å². The van der Waals surface area contributed by atoms with E-state index in [1.54, 1.807) is 6.92 Å². The zero-order chi connectivity index (χ0) is 25.2. The summed E-state index contributed by atoms with van der Waals surface area (Å²) in [5.74, 6) is 1.39. The van der Waals surface area contributed by atoms with Gasteiger partial charge in [-0.2, -0.15) is 0 Å². The summed E-state index contributed by atoms with van der Waals surface area (Å²) in [6.07, 6.45) is 3.73. The predicted molar refractivity (Wildman–Crippen MR) is 141 cm³/mol. The van der Waals surface area contributed by atoms with Crippen molar-refractivity contribution >= 4 is 11.5 Å². The summed E-state index contributed by atoms with van der Waals surface area (Å²) in [5, 5.41) is 0. The third-order valence-corrected chi connectivity index (χ3v) is 6.02. The molecule has 0 N–H and O–H groups in total. The highest BCUT2D eigenvalue weighted by atomic mass is 16.6. The molecule has 188 valence electrons. The minimum absolute atomic E-state index is 0.314. The van der Waals surface area contributed by atoms with Crippen LogP contribution in [-0.4, -0.2) is 31.9 Å². The third kappa shape index (κ3) is 6.55. The molecule has 0 aliphatic carbocycles. The molecule has 0 saturated carbocycles. The molecular formula is C31H34O5. The molecule has 5 heteroatoms. The van der Waals surface area contributed by atoms with Gasteiger partial charge in [0.2, 0.25) is 0 Å². The fraction of sp³-hybridized carbons (Fsp3) is 0.323. The Balaban J connectivity index is 1.38. The zero-order valence-electron chi connectivity index (χ0n) is 21.1. The van der Waals surface area contributed by atoms with Crippen molar-refractivity contribution in [3.05, 3.63) is 101 Å². The van der Waals surface area contributed by atoms with E-state index in [0.29, 0.717) is 32.8 Å². The van der Waals surface area contributed by atoms with Crippen molar-refractivity contribution in [2.24, 2.45) is 0 Å². The molecule has 0 bridgehead atoms. The lowest BCUT2D eigenvalue weighted by atomic mass is 9.93. The van der Waals surface area contributed by atoms with Crippen LogP contribution < -0.4 is 9.47 Å². The summed E-state index contributed by atoms with van der Waals surface area (Å²) >= 11 is 0. The maximum Gasteiger partial charge on any atom is 0.335 e. The first-order valence-electron chi connectivity index (χ1n) is 12.7. The highest BCUT2D eigenvalue weighted by molar-refractivity contribution is 5.84. The first kappa shape index (κ1) is 25.5. The van der Waals surface area contributed by atoms with Gasteiger partial charge in [0.1, 0.15) is 18.1 Å². The lowest BCUT2D eigenvalue weighted by Gasteiger charge is -2.16. The Morgan fingerprint density at radius 3 is 2.47 bits per heavy atom. The van der Waals surface area contributed by atoms with Crippen molar-refractivity contribution in [3.63, 3.8) is 0 Å². The Kier molecular flexibility index (Phi) is 9.17. The summed E-state index contributed by atoms with van der Waals surface area (Å²) in [6, 6.07) is 24.4.